The topological polar surface area (TPSA) is 0 Å². The van der Waals surface area contributed by atoms with Crippen molar-refractivity contribution in [2.24, 2.45) is 0 Å². The molecule has 2 aromatic carbocycles. The molecule has 0 spiro atoms. The van der Waals surface area contributed by atoms with E-state index in [9.17, 15) is 0 Å². The highest BCUT2D eigenvalue weighted by molar-refractivity contribution is 9.10. The van der Waals surface area contributed by atoms with Gasteiger partial charge in [0.05, 0.1) is 0 Å². The summed E-state index contributed by atoms with van der Waals surface area (Å²) in [6, 6.07) is 18.9. The zero-order valence-electron chi connectivity index (χ0n) is 9.81. The van der Waals surface area contributed by atoms with E-state index in [2.05, 4.69) is 89.6 Å². The molecule has 1 atom stereocenters. The van der Waals surface area contributed by atoms with E-state index in [-0.39, 0.29) is 0 Å². The van der Waals surface area contributed by atoms with E-state index in [1.807, 2.05) is 0 Å². The number of allylic oxidation sites excluding steroid dienone is 1. The molecule has 0 radical (unpaired) electrons. The number of benzene rings is 2. The Balaban J connectivity index is 2.08. The average Bonchev–Trinajstić information content (AvgIpc) is 2.39. The minimum atomic E-state index is 0.444. The van der Waals surface area contributed by atoms with Crippen molar-refractivity contribution in [3.63, 3.8) is 0 Å². The van der Waals surface area contributed by atoms with Gasteiger partial charge in [0.25, 0.3) is 0 Å². The molecule has 1 heteroatoms. The van der Waals surface area contributed by atoms with Crippen molar-refractivity contribution in [2.45, 2.75) is 12.8 Å². The van der Waals surface area contributed by atoms with Crippen molar-refractivity contribution in [3.05, 3.63) is 76.3 Å². The Bertz CT molecular complexity index is 483. The predicted molar refractivity (Wildman–Crippen MR) is 78.0 cm³/mol. The Hall–Kier alpha value is -1.34. The van der Waals surface area contributed by atoms with E-state index in [0.29, 0.717) is 5.92 Å². The summed E-state index contributed by atoms with van der Waals surface area (Å²) in [5.41, 5.74) is 2.58. The molecule has 0 amide bonds. The van der Waals surface area contributed by atoms with E-state index in [1.54, 1.807) is 0 Å². The van der Waals surface area contributed by atoms with Crippen LogP contribution >= 0.6 is 15.9 Å². The predicted octanol–water partition coefficient (Wildman–Crippen LogP) is 5.27. The van der Waals surface area contributed by atoms with Crippen LogP contribution in [0, 0.1) is 0 Å². The van der Waals surface area contributed by atoms with Crippen molar-refractivity contribution < 1.29 is 0 Å². The fourth-order valence-electron chi connectivity index (χ4n) is 1.70. The standard InChI is InChI=1S/C16H15Br/c1-13(15-5-3-2-4-6-15)7-8-14-9-11-16(17)12-10-14/h2-13H,1H3. The molecular weight excluding hydrogens is 272 g/mol. The van der Waals surface area contributed by atoms with Crippen molar-refractivity contribution in [2.75, 3.05) is 0 Å². The maximum Gasteiger partial charge on any atom is 0.0175 e. The quantitative estimate of drug-likeness (QED) is 0.721. The van der Waals surface area contributed by atoms with Crippen LogP contribution in [0.4, 0.5) is 0 Å². The van der Waals surface area contributed by atoms with Gasteiger partial charge in [0, 0.05) is 4.47 Å². The summed E-state index contributed by atoms with van der Waals surface area (Å²) in [4.78, 5) is 0. The number of halogens is 1. The summed E-state index contributed by atoms with van der Waals surface area (Å²) >= 11 is 3.44. The van der Waals surface area contributed by atoms with Crippen LogP contribution in [0.5, 0.6) is 0 Å². The number of hydrogen-bond acceptors (Lipinski definition) is 0. The number of hydrogen-bond donors (Lipinski definition) is 0. The molecule has 0 heterocycles. The average molecular weight is 287 g/mol. The Kier molecular flexibility index (Phi) is 4.16. The van der Waals surface area contributed by atoms with Gasteiger partial charge in [0.1, 0.15) is 0 Å². The van der Waals surface area contributed by atoms with Crippen LogP contribution in [0.1, 0.15) is 24.0 Å². The lowest BCUT2D eigenvalue weighted by molar-refractivity contribution is 0.973. The van der Waals surface area contributed by atoms with Crippen LogP contribution in [0.25, 0.3) is 6.08 Å². The maximum absolute atomic E-state index is 3.44. The van der Waals surface area contributed by atoms with Gasteiger partial charge in [-0.15, -0.1) is 0 Å². The smallest absolute Gasteiger partial charge is 0.0175 e. The highest BCUT2D eigenvalue weighted by Crippen LogP contribution is 2.18. The zero-order valence-corrected chi connectivity index (χ0v) is 11.4. The molecule has 0 fully saturated rings. The molecule has 2 rings (SSSR count). The van der Waals surface area contributed by atoms with Crippen LogP contribution in [0.15, 0.2) is 65.1 Å². The molecule has 0 saturated heterocycles. The van der Waals surface area contributed by atoms with Gasteiger partial charge in [-0.25, -0.2) is 0 Å². The fourth-order valence-corrected chi connectivity index (χ4v) is 1.96. The third-order valence-corrected chi connectivity index (χ3v) is 3.30. The molecule has 2 aromatic rings. The summed E-state index contributed by atoms with van der Waals surface area (Å²) in [7, 11) is 0. The summed E-state index contributed by atoms with van der Waals surface area (Å²) in [6.45, 7) is 2.21. The summed E-state index contributed by atoms with van der Waals surface area (Å²) < 4.78 is 1.12. The van der Waals surface area contributed by atoms with Crippen LogP contribution in [0.3, 0.4) is 0 Å². The van der Waals surface area contributed by atoms with Crippen LogP contribution < -0.4 is 0 Å². The van der Waals surface area contributed by atoms with Gasteiger partial charge in [0.2, 0.25) is 0 Å². The minimum Gasteiger partial charge on any atom is -0.0767 e. The van der Waals surface area contributed by atoms with Gasteiger partial charge in [-0.2, -0.15) is 0 Å². The SMILES string of the molecule is CC(C=Cc1ccc(Br)cc1)c1ccccc1. The third kappa shape index (κ3) is 3.57. The van der Waals surface area contributed by atoms with E-state index in [1.165, 1.54) is 11.1 Å². The minimum absolute atomic E-state index is 0.444. The highest BCUT2D eigenvalue weighted by atomic mass is 79.9. The van der Waals surface area contributed by atoms with E-state index >= 15 is 0 Å². The molecule has 0 aliphatic heterocycles. The van der Waals surface area contributed by atoms with Crippen LogP contribution in [0.2, 0.25) is 0 Å². The summed E-state index contributed by atoms with van der Waals surface area (Å²) in [5, 5.41) is 0. The van der Waals surface area contributed by atoms with Gasteiger partial charge in [-0.1, -0.05) is 77.5 Å². The van der Waals surface area contributed by atoms with Crippen molar-refractivity contribution in [3.8, 4) is 0 Å². The molecule has 0 bridgehead atoms. The first-order valence-corrected chi connectivity index (χ1v) is 6.54. The lowest BCUT2D eigenvalue weighted by atomic mass is 10.00. The second kappa shape index (κ2) is 5.83. The molecule has 1 unspecified atom stereocenters. The van der Waals surface area contributed by atoms with Gasteiger partial charge in [-0.3, -0.25) is 0 Å². The molecular formula is C16H15Br. The molecule has 0 aliphatic rings. The Morgan fingerprint density at radius 3 is 2.24 bits per heavy atom. The highest BCUT2D eigenvalue weighted by Gasteiger charge is 1.99. The van der Waals surface area contributed by atoms with Gasteiger partial charge in [-0.05, 0) is 29.2 Å². The van der Waals surface area contributed by atoms with Crippen molar-refractivity contribution >= 4 is 22.0 Å². The molecule has 17 heavy (non-hydrogen) atoms. The molecule has 0 aliphatic carbocycles. The van der Waals surface area contributed by atoms with E-state index < -0.39 is 0 Å². The molecule has 0 saturated carbocycles. The van der Waals surface area contributed by atoms with Crippen molar-refractivity contribution in [1.29, 1.82) is 0 Å². The third-order valence-electron chi connectivity index (χ3n) is 2.77. The summed E-state index contributed by atoms with van der Waals surface area (Å²) in [5.74, 6) is 0.444. The Labute approximate surface area is 111 Å². The second-order valence-corrected chi connectivity index (χ2v) is 5.03. The fraction of sp³-hybridized carbons (Fsp3) is 0.125. The largest absolute Gasteiger partial charge is 0.0767 e. The normalized spacial score (nSPS) is 12.8. The lowest BCUT2D eigenvalue weighted by Gasteiger charge is -2.05. The van der Waals surface area contributed by atoms with Crippen molar-refractivity contribution in [1.82, 2.24) is 0 Å². The molecule has 86 valence electrons. The first-order chi connectivity index (χ1) is 8.25. The monoisotopic (exact) mass is 286 g/mol. The van der Waals surface area contributed by atoms with Gasteiger partial charge >= 0.3 is 0 Å². The molecule has 0 nitrogen and oxygen atoms in total. The summed E-state index contributed by atoms with van der Waals surface area (Å²) in [6.07, 6.45) is 4.41. The Morgan fingerprint density at radius 2 is 1.59 bits per heavy atom. The maximum atomic E-state index is 3.44. The van der Waals surface area contributed by atoms with Crippen LogP contribution in [-0.2, 0) is 0 Å². The van der Waals surface area contributed by atoms with E-state index in [4.69, 9.17) is 0 Å². The van der Waals surface area contributed by atoms with Gasteiger partial charge in [0.15, 0.2) is 0 Å². The Morgan fingerprint density at radius 1 is 0.941 bits per heavy atom. The zero-order chi connectivity index (χ0) is 12.1. The van der Waals surface area contributed by atoms with Crippen LogP contribution in [-0.4, -0.2) is 0 Å². The first-order valence-electron chi connectivity index (χ1n) is 5.74. The second-order valence-electron chi connectivity index (χ2n) is 4.11. The molecule has 0 N–H and O–H groups in total. The number of rotatable bonds is 3. The van der Waals surface area contributed by atoms with Gasteiger partial charge < -0.3 is 0 Å². The molecule has 0 aromatic heterocycles. The lowest BCUT2D eigenvalue weighted by Crippen LogP contribution is -1.87. The first kappa shape index (κ1) is 12.1. The van der Waals surface area contributed by atoms with E-state index in [0.717, 1.165) is 4.47 Å².